The van der Waals surface area contributed by atoms with E-state index in [4.69, 9.17) is 0 Å². The van der Waals surface area contributed by atoms with Crippen LogP contribution < -0.4 is 4.90 Å². The highest BCUT2D eigenvalue weighted by molar-refractivity contribution is 6.10. The van der Waals surface area contributed by atoms with Gasteiger partial charge in [0.2, 0.25) is 0 Å². The molecule has 0 saturated heterocycles. The Hall–Kier alpha value is -10.5. The fraction of sp³-hybridized carbons (Fsp3) is 0.101. The maximum Gasteiger partial charge on any atom is 0.0659 e. The minimum Gasteiger partial charge on any atom is -0.333 e. The van der Waals surface area contributed by atoms with E-state index >= 15 is 0 Å². The van der Waals surface area contributed by atoms with Crippen LogP contribution in [0.4, 0.5) is 11.4 Å². The minimum atomic E-state index is -0.301. The van der Waals surface area contributed by atoms with Crippen LogP contribution in [0.5, 0.6) is 0 Å². The summed E-state index contributed by atoms with van der Waals surface area (Å²) in [5.41, 5.74) is 18.2. The van der Waals surface area contributed by atoms with E-state index in [1.807, 2.05) is 93.0 Å². The van der Waals surface area contributed by atoms with Crippen molar-refractivity contribution in [3.63, 3.8) is 0 Å². The van der Waals surface area contributed by atoms with Gasteiger partial charge < -0.3 is 18.6 Å². The number of anilines is 2. The van der Waals surface area contributed by atoms with Gasteiger partial charge in [-0.3, -0.25) is 39.9 Å². The number of nitrogens with zero attached hydrogens (tertiary/aromatic N) is 12. The Balaban J connectivity index is 0.822. The molecule has 2 aliphatic rings. The summed E-state index contributed by atoms with van der Waals surface area (Å²) in [6.07, 6.45) is 36.3. The SMILES string of the molecule is C1=CC2C(C=N1)c1cnccc1N2c1ccc(CC(Cc2ccc(-n3c4ccncc4c4cnccc43)cc2)(Cc2ccc(-n3c4ccncc4c4cnccc43)cc2)Cc2ccc(-n3c4ccncc4c4cnccc43)cc2)cc1. The van der Waals surface area contributed by atoms with Gasteiger partial charge in [-0.25, -0.2) is 0 Å². The van der Waals surface area contributed by atoms with Crippen LogP contribution in [0.3, 0.4) is 0 Å². The molecule has 16 rings (SSSR count). The van der Waals surface area contributed by atoms with Crippen molar-refractivity contribution in [1.82, 2.24) is 48.6 Å². The molecule has 0 amide bonds. The standard InChI is InChI=1S/C69H50N12/c1-9-49(78-61-17-25-70-37-53(61)54-38-71-26-18-62(54)78)10-2-45(1)33-69(34-46-3-11-50(12-4-46)79-63-19-27-72-39-55(63)56-40-73-28-20-64(56)79,35-47-5-13-51(14-6-47)80-65-21-29-74-41-57(65)58-42-75-30-22-66(58)80)36-48-7-15-52(16-8-48)81-67-23-31-76-43-59(67)60-44-77-32-24-68(60)81/h1-32,37-44,53,61H,33-36H2. The van der Waals surface area contributed by atoms with Crippen molar-refractivity contribution in [2.24, 2.45) is 10.4 Å². The predicted molar refractivity (Wildman–Crippen MR) is 323 cm³/mol. The van der Waals surface area contributed by atoms with Gasteiger partial charge in [-0.1, -0.05) is 48.5 Å². The highest BCUT2D eigenvalue weighted by atomic mass is 15.2. The number of hydrogen-bond acceptors (Lipinski definition) is 9. The maximum absolute atomic E-state index is 4.55. The van der Waals surface area contributed by atoms with E-state index in [-0.39, 0.29) is 17.4 Å². The first-order chi connectivity index (χ1) is 40.1. The number of benzene rings is 4. The van der Waals surface area contributed by atoms with Crippen LogP contribution in [0.15, 0.2) is 244 Å². The van der Waals surface area contributed by atoms with Crippen molar-refractivity contribution in [3.05, 3.63) is 266 Å². The molecule has 0 aliphatic carbocycles. The fourth-order valence-electron chi connectivity index (χ4n) is 13.5. The Labute approximate surface area is 465 Å². The first-order valence-corrected chi connectivity index (χ1v) is 27.5. The van der Waals surface area contributed by atoms with E-state index in [1.165, 1.54) is 33.5 Å². The van der Waals surface area contributed by atoms with Crippen molar-refractivity contribution in [1.29, 1.82) is 0 Å². The monoisotopic (exact) mass is 1050 g/mol. The Morgan fingerprint density at radius 1 is 0.333 bits per heavy atom. The van der Waals surface area contributed by atoms with E-state index in [0.29, 0.717) is 0 Å². The van der Waals surface area contributed by atoms with Crippen molar-refractivity contribution in [2.45, 2.75) is 37.6 Å². The van der Waals surface area contributed by atoms with Gasteiger partial charge in [0.15, 0.2) is 0 Å². The summed E-state index contributed by atoms with van der Waals surface area (Å²) in [5, 5.41) is 6.50. The Bertz CT molecular complexity index is 4240. The molecule has 0 fully saturated rings. The molecule has 2 aliphatic heterocycles. The third-order valence-corrected chi connectivity index (χ3v) is 16.9. The Kier molecular flexibility index (Phi) is 10.9. The third kappa shape index (κ3) is 7.81. The highest BCUT2D eigenvalue weighted by Crippen LogP contribution is 2.46. The number of fused-ring (bicyclic) bond motifs is 12. The van der Waals surface area contributed by atoms with Crippen molar-refractivity contribution in [3.8, 4) is 17.1 Å². The summed E-state index contributed by atoms with van der Waals surface area (Å²) in [6, 6.07) is 51.9. The zero-order valence-corrected chi connectivity index (χ0v) is 43.9. The summed E-state index contributed by atoms with van der Waals surface area (Å²) < 4.78 is 6.99. The molecular weight excluding hydrogens is 997 g/mol. The first kappa shape index (κ1) is 46.6. The summed E-state index contributed by atoms with van der Waals surface area (Å²) in [5.74, 6) is 0.145. The molecule has 81 heavy (non-hydrogen) atoms. The lowest BCUT2D eigenvalue weighted by Gasteiger charge is -2.36. The molecule has 14 aromatic rings. The second kappa shape index (κ2) is 18.9. The first-order valence-electron chi connectivity index (χ1n) is 27.5. The van der Waals surface area contributed by atoms with Gasteiger partial charge in [-0.2, -0.15) is 0 Å². The van der Waals surface area contributed by atoms with E-state index < -0.39 is 0 Å². The van der Waals surface area contributed by atoms with Gasteiger partial charge in [0.05, 0.1) is 39.1 Å². The molecule has 2 atom stereocenters. The molecule has 386 valence electrons. The van der Waals surface area contributed by atoms with Crippen molar-refractivity contribution in [2.75, 3.05) is 4.90 Å². The lowest BCUT2D eigenvalue weighted by Crippen LogP contribution is -2.32. The average Bonchev–Trinajstić information content (AvgIpc) is 4.32. The molecule has 2 unspecified atom stereocenters. The van der Waals surface area contributed by atoms with Crippen LogP contribution in [0.2, 0.25) is 0 Å². The molecule has 0 bridgehead atoms. The van der Waals surface area contributed by atoms with Gasteiger partial charge in [-0.15, -0.1) is 0 Å². The average molecular weight is 1050 g/mol. The Morgan fingerprint density at radius 3 is 0.988 bits per heavy atom. The molecular formula is C69H50N12. The molecule has 0 spiro atoms. The lowest BCUT2D eigenvalue weighted by molar-refractivity contribution is 0.275. The quantitative estimate of drug-likeness (QED) is 0.119. The van der Waals surface area contributed by atoms with Crippen LogP contribution in [0.25, 0.3) is 82.5 Å². The van der Waals surface area contributed by atoms with E-state index in [1.54, 1.807) is 0 Å². The van der Waals surface area contributed by atoms with Gasteiger partial charge >= 0.3 is 0 Å². The van der Waals surface area contributed by atoms with Crippen LogP contribution in [0.1, 0.15) is 33.7 Å². The topological polar surface area (TPSA) is 121 Å². The fourth-order valence-corrected chi connectivity index (χ4v) is 13.5. The smallest absolute Gasteiger partial charge is 0.0659 e. The molecule has 0 saturated carbocycles. The molecule has 0 N–H and O–H groups in total. The maximum atomic E-state index is 4.55. The van der Waals surface area contributed by atoms with Crippen LogP contribution in [0, 0.1) is 5.41 Å². The number of rotatable bonds is 12. The summed E-state index contributed by atoms with van der Waals surface area (Å²) in [7, 11) is 0. The van der Waals surface area contributed by atoms with Gasteiger partial charge in [-0.05, 0) is 150 Å². The van der Waals surface area contributed by atoms with Gasteiger partial charge in [0.1, 0.15) is 0 Å². The molecule has 4 aromatic carbocycles. The number of pyridine rings is 7. The van der Waals surface area contributed by atoms with E-state index in [9.17, 15) is 0 Å². The molecule has 12 heteroatoms. The molecule has 0 radical (unpaired) electrons. The lowest BCUT2D eigenvalue weighted by atomic mass is 9.68. The second-order valence-electron chi connectivity index (χ2n) is 21.7. The van der Waals surface area contributed by atoms with Crippen molar-refractivity contribution < 1.29 is 0 Å². The molecule has 10 aromatic heterocycles. The van der Waals surface area contributed by atoms with Crippen LogP contribution in [-0.2, 0) is 25.7 Å². The molecule has 12 heterocycles. The molecule has 12 nitrogen and oxygen atoms in total. The zero-order chi connectivity index (χ0) is 53.4. The van der Waals surface area contributed by atoms with Crippen molar-refractivity contribution >= 4 is 83.0 Å². The van der Waals surface area contributed by atoms with Gasteiger partial charge in [0.25, 0.3) is 0 Å². The number of hydrogen-bond donors (Lipinski definition) is 0. The zero-order valence-electron chi connectivity index (χ0n) is 43.9. The van der Waals surface area contributed by atoms with E-state index in [2.05, 4.69) is 210 Å². The summed E-state index contributed by atoms with van der Waals surface area (Å²) >= 11 is 0. The summed E-state index contributed by atoms with van der Waals surface area (Å²) in [6.45, 7) is 0. The number of aromatic nitrogens is 10. The van der Waals surface area contributed by atoms with Crippen LogP contribution in [-0.4, -0.2) is 60.8 Å². The summed E-state index contributed by atoms with van der Waals surface area (Å²) in [4.78, 5) is 38.5. The number of aliphatic imine (C=N–C) groups is 1. The van der Waals surface area contributed by atoms with Crippen LogP contribution >= 0.6 is 0 Å². The van der Waals surface area contributed by atoms with E-state index in [0.717, 1.165) is 114 Å². The minimum absolute atomic E-state index is 0.128. The largest absolute Gasteiger partial charge is 0.333 e. The second-order valence-corrected chi connectivity index (χ2v) is 21.7. The van der Waals surface area contributed by atoms with Gasteiger partial charge in [0, 0.05) is 171 Å². The Morgan fingerprint density at radius 2 is 0.642 bits per heavy atom. The third-order valence-electron chi connectivity index (χ3n) is 16.9. The predicted octanol–water partition coefficient (Wildman–Crippen LogP) is 14.2. The highest BCUT2D eigenvalue weighted by Gasteiger charge is 2.39. The normalized spacial score (nSPS) is 15.0.